The van der Waals surface area contributed by atoms with Crippen LogP contribution in [0.5, 0.6) is 11.5 Å². The summed E-state index contributed by atoms with van der Waals surface area (Å²) in [5, 5.41) is 15.4. The molecule has 0 aliphatic carbocycles. The van der Waals surface area contributed by atoms with E-state index in [1.807, 2.05) is 44.2 Å². The van der Waals surface area contributed by atoms with E-state index in [1.54, 1.807) is 6.07 Å². The topological polar surface area (TPSA) is 66.4 Å². The molecule has 1 N–H and O–H groups in total. The number of hydrogen-bond donors (Lipinski definition) is 1. The van der Waals surface area contributed by atoms with Crippen molar-refractivity contribution in [3.8, 4) is 22.6 Å². The number of phenolic OH excluding ortho intramolecular Hbond substituents is 1. The van der Waals surface area contributed by atoms with Crippen LogP contribution in [0.15, 0.2) is 60.7 Å². The molecule has 4 aromatic rings. The van der Waals surface area contributed by atoms with E-state index in [1.165, 1.54) is 0 Å². The smallest absolute Gasteiger partial charge is 0.262 e. The summed E-state index contributed by atoms with van der Waals surface area (Å²) in [5.74, 6) is -0.991. The molecule has 0 amide bonds. The molecule has 3 aliphatic heterocycles. The van der Waals surface area contributed by atoms with Crippen molar-refractivity contribution in [3.63, 3.8) is 0 Å². The van der Waals surface area contributed by atoms with E-state index in [4.69, 9.17) is 24.0 Å². The lowest BCUT2D eigenvalue weighted by atomic mass is 9.57. The molecule has 0 bridgehead atoms. The van der Waals surface area contributed by atoms with Gasteiger partial charge in [0.25, 0.3) is 5.79 Å². The first-order valence-corrected chi connectivity index (χ1v) is 14.0. The Morgan fingerprint density at radius 2 is 1.52 bits per heavy atom. The maximum atomic E-state index is 11.5. The van der Waals surface area contributed by atoms with Gasteiger partial charge in [0.1, 0.15) is 11.5 Å². The third-order valence-corrected chi connectivity index (χ3v) is 9.04. The second-order valence-corrected chi connectivity index (χ2v) is 13.5. The number of hydrogen-bond acceptors (Lipinski definition) is 6. The number of ether oxygens (including phenoxy) is 3. The molecule has 208 valence electrons. The minimum Gasteiger partial charge on any atom is -0.507 e. The lowest BCUT2D eigenvalue weighted by molar-refractivity contribution is -0.626. The van der Waals surface area contributed by atoms with Crippen LogP contribution < -0.4 is 4.74 Å². The molecule has 4 aromatic carbocycles. The highest BCUT2D eigenvalue weighted by Gasteiger charge is 2.81. The van der Waals surface area contributed by atoms with Crippen molar-refractivity contribution < 1.29 is 29.1 Å². The Morgan fingerprint density at radius 1 is 0.775 bits per heavy atom. The van der Waals surface area contributed by atoms with Gasteiger partial charge in [-0.15, -0.1) is 0 Å². The van der Waals surface area contributed by atoms with Gasteiger partial charge in [-0.2, -0.15) is 4.89 Å². The van der Waals surface area contributed by atoms with Crippen molar-refractivity contribution >= 4 is 21.5 Å². The summed E-state index contributed by atoms with van der Waals surface area (Å²) in [6, 6.07) is 20.1. The molecular weight excluding hydrogens is 504 g/mol. The summed E-state index contributed by atoms with van der Waals surface area (Å²) in [4.78, 5) is 12.2. The SMILES string of the molecule is CC1(C)OCc2cc3ccccc3c(-c3c(O)ccc4c([C@]56OCC(C)(C)[C@@]5(C(C)(C)C)OO6)cccc34)c2O1. The normalized spacial score (nSPS) is 26.7. The Kier molecular flexibility index (Phi) is 5.14. The summed E-state index contributed by atoms with van der Waals surface area (Å²) in [7, 11) is 0. The third-order valence-electron chi connectivity index (χ3n) is 9.04. The van der Waals surface area contributed by atoms with Crippen LogP contribution in [0.3, 0.4) is 0 Å². The van der Waals surface area contributed by atoms with Gasteiger partial charge in [-0.05, 0) is 33.7 Å². The monoisotopic (exact) mass is 540 g/mol. The molecular formula is C34H36O6. The number of phenols is 1. The van der Waals surface area contributed by atoms with Crippen LogP contribution in [0.25, 0.3) is 32.7 Å². The van der Waals surface area contributed by atoms with E-state index < -0.39 is 17.2 Å². The Balaban J connectivity index is 1.55. The molecule has 0 saturated carbocycles. The van der Waals surface area contributed by atoms with Crippen LogP contribution in [0.2, 0.25) is 0 Å². The molecule has 6 heteroatoms. The van der Waals surface area contributed by atoms with E-state index in [0.29, 0.717) is 18.8 Å². The summed E-state index contributed by atoms with van der Waals surface area (Å²) in [6.07, 6.45) is 0. The molecule has 7 rings (SSSR count). The predicted octanol–water partition coefficient (Wildman–Crippen LogP) is 7.97. The van der Waals surface area contributed by atoms with Crippen LogP contribution >= 0.6 is 0 Å². The Bertz CT molecular complexity index is 1700. The van der Waals surface area contributed by atoms with Crippen molar-refractivity contribution in [1.82, 2.24) is 0 Å². The van der Waals surface area contributed by atoms with E-state index in [2.05, 4.69) is 58.9 Å². The van der Waals surface area contributed by atoms with Crippen LogP contribution in [-0.2, 0) is 31.6 Å². The van der Waals surface area contributed by atoms with Gasteiger partial charge in [-0.25, -0.2) is 4.89 Å². The highest BCUT2D eigenvalue weighted by Crippen LogP contribution is 2.69. The number of aromatic hydroxyl groups is 1. The molecule has 6 nitrogen and oxygen atoms in total. The maximum Gasteiger partial charge on any atom is 0.262 e. The van der Waals surface area contributed by atoms with E-state index >= 15 is 0 Å². The lowest BCUT2D eigenvalue weighted by Gasteiger charge is -2.61. The van der Waals surface area contributed by atoms with Crippen LogP contribution in [0.1, 0.15) is 59.6 Å². The Hall–Kier alpha value is -3.16. The van der Waals surface area contributed by atoms with Gasteiger partial charge in [-0.1, -0.05) is 83.1 Å². The maximum absolute atomic E-state index is 11.5. The molecule has 2 saturated heterocycles. The Labute approximate surface area is 234 Å². The zero-order chi connectivity index (χ0) is 28.3. The lowest BCUT2D eigenvalue weighted by Crippen LogP contribution is -2.73. The largest absolute Gasteiger partial charge is 0.507 e. The van der Waals surface area contributed by atoms with Gasteiger partial charge < -0.3 is 19.3 Å². The standard InChI is InChI=1S/C34H36O6/c1-30(2,3)34-31(4,5)19-37-33(34,39-40-34)25-14-10-13-24-23(25)15-16-26(35)27(24)28-22-12-9-8-11-20(22)17-21-18-36-32(6,7)38-29(21)28/h8-17,35H,18-19H2,1-7H3/t33-,34-/m1/s1. The number of benzene rings is 4. The fourth-order valence-electron chi connectivity index (χ4n) is 7.50. The highest BCUT2D eigenvalue weighted by atomic mass is 17.3. The quantitative estimate of drug-likeness (QED) is 0.260. The molecule has 2 atom stereocenters. The third kappa shape index (κ3) is 3.13. The van der Waals surface area contributed by atoms with E-state index in [-0.39, 0.29) is 16.6 Å². The summed E-state index contributed by atoms with van der Waals surface area (Å²) in [5.41, 5.74) is 2.07. The molecule has 3 heterocycles. The van der Waals surface area contributed by atoms with Gasteiger partial charge in [0, 0.05) is 46.9 Å². The van der Waals surface area contributed by atoms with Crippen molar-refractivity contribution in [2.45, 2.75) is 72.2 Å². The number of rotatable bonds is 2. The number of fused-ring (bicyclic) bond motifs is 4. The van der Waals surface area contributed by atoms with Crippen molar-refractivity contribution in [2.24, 2.45) is 10.8 Å². The van der Waals surface area contributed by atoms with E-state index in [0.717, 1.165) is 44.0 Å². The molecule has 0 radical (unpaired) electrons. The van der Waals surface area contributed by atoms with Crippen LogP contribution in [0, 0.1) is 10.8 Å². The highest BCUT2D eigenvalue weighted by molar-refractivity contribution is 6.11. The average Bonchev–Trinajstić information content (AvgIpc) is 3.03. The van der Waals surface area contributed by atoms with Crippen molar-refractivity contribution in [1.29, 1.82) is 0 Å². The van der Waals surface area contributed by atoms with Gasteiger partial charge in [0.2, 0.25) is 5.79 Å². The van der Waals surface area contributed by atoms with Gasteiger partial charge >= 0.3 is 0 Å². The summed E-state index contributed by atoms with van der Waals surface area (Å²) in [6.45, 7) is 15.6. The molecule has 40 heavy (non-hydrogen) atoms. The molecule has 3 aliphatic rings. The fourth-order valence-corrected chi connectivity index (χ4v) is 7.50. The first-order valence-electron chi connectivity index (χ1n) is 14.0. The van der Waals surface area contributed by atoms with Crippen LogP contribution in [0.4, 0.5) is 0 Å². The second kappa shape index (κ2) is 7.98. The predicted molar refractivity (Wildman–Crippen MR) is 154 cm³/mol. The first kappa shape index (κ1) is 25.8. The molecule has 0 unspecified atom stereocenters. The molecule has 0 spiro atoms. The van der Waals surface area contributed by atoms with Gasteiger partial charge in [-0.3, -0.25) is 0 Å². The average molecular weight is 541 g/mol. The zero-order valence-corrected chi connectivity index (χ0v) is 24.2. The molecule has 0 aromatic heterocycles. The first-order chi connectivity index (χ1) is 18.8. The van der Waals surface area contributed by atoms with Gasteiger partial charge in [0.15, 0.2) is 5.60 Å². The minimum atomic E-state index is -1.09. The van der Waals surface area contributed by atoms with E-state index in [9.17, 15) is 5.11 Å². The molecule has 2 fully saturated rings. The van der Waals surface area contributed by atoms with Crippen molar-refractivity contribution in [2.75, 3.05) is 6.61 Å². The fraction of sp³-hybridized carbons (Fsp3) is 0.412. The zero-order valence-electron chi connectivity index (χ0n) is 24.2. The second-order valence-electron chi connectivity index (χ2n) is 13.5. The van der Waals surface area contributed by atoms with Crippen molar-refractivity contribution in [3.05, 3.63) is 71.8 Å². The van der Waals surface area contributed by atoms with Crippen LogP contribution in [-0.4, -0.2) is 23.1 Å². The summed E-state index contributed by atoms with van der Waals surface area (Å²) >= 11 is 0. The van der Waals surface area contributed by atoms with Gasteiger partial charge in [0.05, 0.1) is 13.2 Å². The minimum absolute atomic E-state index is 0.175. The summed E-state index contributed by atoms with van der Waals surface area (Å²) < 4.78 is 19.1. The Morgan fingerprint density at radius 3 is 2.25 bits per heavy atom.